The van der Waals surface area contributed by atoms with E-state index in [0.717, 1.165) is 16.9 Å². The lowest BCUT2D eigenvalue weighted by Gasteiger charge is -2.32. The van der Waals surface area contributed by atoms with Gasteiger partial charge in [0, 0.05) is 18.6 Å². The monoisotopic (exact) mass is 259 g/mol. The van der Waals surface area contributed by atoms with E-state index in [0.29, 0.717) is 0 Å². The van der Waals surface area contributed by atoms with Crippen LogP contribution >= 0.6 is 0 Å². The van der Waals surface area contributed by atoms with E-state index in [-0.39, 0.29) is 11.2 Å². The van der Waals surface area contributed by atoms with Crippen molar-refractivity contribution in [2.24, 2.45) is 0 Å². The van der Waals surface area contributed by atoms with Crippen LogP contribution in [0.1, 0.15) is 33.4 Å². The lowest BCUT2D eigenvalue weighted by atomic mass is 9.84. The lowest BCUT2D eigenvalue weighted by molar-refractivity contribution is 0.00578. The summed E-state index contributed by atoms with van der Waals surface area (Å²) in [7, 11) is -0.476. The number of hydrogen-bond donors (Lipinski definition) is 0. The normalized spacial score (nSPS) is 21.2. The molecule has 0 N–H and O–H groups in total. The second-order valence-corrected chi connectivity index (χ2v) is 6.01. The van der Waals surface area contributed by atoms with Crippen molar-refractivity contribution in [2.45, 2.75) is 45.8 Å². The highest BCUT2D eigenvalue weighted by Crippen LogP contribution is 2.36. The highest BCUT2D eigenvalue weighted by molar-refractivity contribution is 6.63. The topological polar surface area (TPSA) is 48.7 Å². The van der Waals surface area contributed by atoms with Crippen molar-refractivity contribution in [2.75, 3.05) is 0 Å². The van der Waals surface area contributed by atoms with Crippen molar-refractivity contribution in [1.29, 1.82) is 0 Å². The van der Waals surface area contributed by atoms with Gasteiger partial charge in [-0.05, 0) is 34.6 Å². The predicted octanol–water partition coefficient (Wildman–Crippen LogP) is 1.34. The molecule has 1 saturated heterocycles. The van der Waals surface area contributed by atoms with Gasteiger partial charge in [0.15, 0.2) is 5.65 Å². The van der Waals surface area contributed by atoms with Gasteiger partial charge in [-0.25, -0.2) is 4.98 Å². The first-order chi connectivity index (χ1) is 8.80. The highest BCUT2D eigenvalue weighted by Gasteiger charge is 2.53. The molecule has 1 aliphatic rings. The third-order valence-electron chi connectivity index (χ3n) is 4.00. The number of aromatic nitrogens is 3. The van der Waals surface area contributed by atoms with Crippen molar-refractivity contribution in [3.05, 3.63) is 24.3 Å². The fourth-order valence-electron chi connectivity index (χ4n) is 2.18. The Labute approximate surface area is 113 Å². The van der Waals surface area contributed by atoms with Crippen molar-refractivity contribution in [1.82, 2.24) is 14.4 Å². The summed E-state index contributed by atoms with van der Waals surface area (Å²) in [4.78, 5) is 8.89. The first-order valence-electron chi connectivity index (χ1n) is 6.46. The van der Waals surface area contributed by atoms with Crippen LogP contribution in [-0.4, -0.2) is 32.7 Å². The Kier molecular flexibility index (Phi) is 2.53. The van der Waals surface area contributed by atoms with E-state index in [9.17, 15) is 0 Å². The summed E-state index contributed by atoms with van der Waals surface area (Å²) in [6.45, 7) is 10.1. The van der Waals surface area contributed by atoms with E-state index in [4.69, 9.17) is 9.31 Å². The Bertz CT molecular complexity index is 620. The van der Waals surface area contributed by atoms with E-state index in [1.807, 2.05) is 51.4 Å². The molecule has 0 spiro atoms. The predicted molar refractivity (Wildman–Crippen MR) is 73.4 cm³/mol. The molecule has 0 atom stereocenters. The minimum atomic E-state index is -0.476. The van der Waals surface area contributed by atoms with Crippen LogP contribution in [0, 0.1) is 6.92 Å². The molecular formula is C13H18BN3O2. The van der Waals surface area contributed by atoms with Crippen LogP contribution < -0.4 is 5.59 Å². The van der Waals surface area contributed by atoms with Crippen LogP contribution in [0.5, 0.6) is 0 Å². The molecule has 0 unspecified atom stereocenters. The summed E-state index contributed by atoms with van der Waals surface area (Å²) in [6.07, 6.45) is 5.59. The molecule has 3 heterocycles. The maximum Gasteiger partial charge on any atom is 0.518 e. The quantitative estimate of drug-likeness (QED) is 0.725. The molecule has 0 bridgehead atoms. The zero-order valence-electron chi connectivity index (χ0n) is 12.0. The molecule has 100 valence electrons. The van der Waals surface area contributed by atoms with Gasteiger partial charge in [0.05, 0.1) is 16.9 Å². The number of imidazole rings is 1. The Balaban J connectivity index is 2.07. The summed E-state index contributed by atoms with van der Waals surface area (Å²) < 4.78 is 14.0. The number of fused-ring (bicyclic) bond motifs is 1. The van der Waals surface area contributed by atoms with Crippen molar-refractivity contribution in [3.63, 3.8) is 0 Å². The molecule has 3 rings (SSSR count). The van der Waals surface area contributed by atoms with Gasteiger partial charge in [-0.2, -0.15) is 0 Å². The maximum absolute atomic E-state index is 6.03. The molecule has 0 radical (unpaired) electrons. The zero-order chi connectivity index (χ0) is 13.8. The van der Waals surface area contributed by atoms with Gasteiger partial charge >= 0.3 is 7.12 Å². The number of hydrogen-bond acceptors (Lipinski definition) is 4. The second-order valence-electron chi connectivity index (χ2n) is 6.01. The van der Waals surface area contributed by atoms with E-state index in [1.54, 1.807) is 6.20 Å². The molecule has 2 aromatic heterocycles. The molecule has 0 amide bonds. The van der Waals surface area contributed by atoms with Gasteiger partial charge in [-0.1, -0.05) is 0 Å². The summed E-state index contributed by atoms with van der Waals surface area (Å²) in [5.41, 5.74) is 1.74. The number of rotatable bonds is 1. The van der Waals surface area contributed by atoms with Gasteiger partial charge in [0.2, 0.25) is 0 Å². The lowest BCUT2D eigenvalue weighted by Crippen LogP contribution is -2.41. The van der Waals surface area contributed by atoms with Gasteiger partial charge in [-0.3, -0.25) is 4.98 Å². The van der Waals surface area contributed by atoms with E-state index < -0.39 is 7.12 Å². The largest absolute Gasteiger partial charge is 0.518 e. The first kappa shape index (κ1) is 12.6. The fourth-order valence-corrected chi connectivity index (χ4v) is 2.18. The average molecular weight is 259 g/mol. The van der Waals surface area contributed by atoms with Crippen molar-refractivity contribution >= 4 is 18.4 Å². The van der Waals surface area contributed by atoms with Gasteiger partial charge in [0.25, 0.3) is 0 Å². The molecule has 1 fully saturated rings. The molecule has 2 aromatic rings. The molecule has 0 aromatic carbocycles. The zero-order valence-corrected chi connectivity index (χ0v) is 12.0. The Morgan fingerprint density at radius 3 is 2.42 bits per heavy atom. The molecule has 5 nitrogen and oxygen atoms in total. The van der Waals surface area contributed by atoms with Crippen LogP contribution in [-0.2, 0) is 9.31 Å². The van der Waals surface area contributed by atoms with Crippen LogP contribution in [0.4, 0.5) is 0 Å². The van der Waals surface area contributed by atoms with Crippen LogP contribution in [0.2, 0.25) is 0 Å². The smallest absolute Gasteiger partial charge is 0.398 e. The SMILES string of the molecule is Cc1cn2ccnc(B3OC(C)(C)C(C)(C)O3)c2n1. The third-order valence-corrected chi connectivity index (χ3v) is 4.00. The molecule has 0 saturated carbocycles. The molecule has 6 heteroatoms. The first-order valence-corrected chi connectivity index (χ1v) is 6.46. The van der Waals surface area contributed by atoms with E-state index in [1.165, 1.54) is 0 Å². The summed E-state index contributed by atoms with van der Waals surface area (Å²) in [5, 5.41) is 0. The second kappa shape index (κ2) is 3.80. The Morgan fingerprint density at radius 2 is 1.79 bits per heavy atom. The van der Waals surface area contributed by atoms with Crippen molar-refractivity contribution < 1.29 is 9.31 Å². The minimum Gasteiger partial charge on any atom is -0.398 e. The minimum absolute atomic E-state index is 0.367. The summed E-state index contributed by atoms with van der Waals surface area (Å²) in [5.74, 6) is 0. The van der Waals surface area contributed by atoms with E-state index in [2.05, 4.69) is 9.97 Å². The maximum atomic E-state index is 6.03. The van der Waals surface area contributed by atoms with Gasteiger partial charge < -0.3 is 13.7 Å². The molecule has 0 aliphatic carbocycles. The van der Waals surface area contributed by atoms with Gasteiger partial charge in [0.1, 0.15) is 5.59 Å². The van der Waals surface area contributed by atoms with Crippen molar-refractivity contribution in [3.8, 4) is 0 Å². The van der Waals surface area contributed by atoms with Crippen LogP contribution in [0.3, 0.4) is 0 Å². The Hall–Kier alpha value is -1.40. The number of nitrogens with zero attached hydrogens (tertiary/aromatic N) is 3. The Morgan fingerprint density at radius 1 is 1.16 bits per heavy atom. The van der Waals surface area contributed by atoms with Crippen LogP contribution in [0.15, 0.2) is 18.6 Å². The highest BCUT2D eigenvalue weighted by atomic mass is 16.7. The van der Waals surface area contributed by atoms with Crippen LogP contribution in [0.25, 0.3) is 5.65 Å². The summed E-state index contributed by atoms with van der Waals surface area (Å²) >= 11 is 0. The van der Waals surface area contributed by atoms with E-state index >= 15 is 0 Å². The molecule has 1 aliphatic heterocycles. The molecular weight excluding hydrogens is 241 g/mol. The third kappa shape index (κ3) is 1.86. The number of aryl methyl sites for hydroxylation is 1. The fraction of sp³-hybridized carbons (Fsp3) is 0.538. The summed E-state index contributed by atoms with van der Waals surface area (Å²) in [6, 6.07) is 0. The molecule has 19 heavy (non-hydrogen) atoms. The standard InChI is InChI=1S/C13H18BN3O2/c1-9-8-17-7-6-15-10(11(17)16-9)14-18-12(2,3)13(4,5)19-14/h6-8H,1-5H3. The van der Waals surface area contributed by atoms with Gasteiger partial charge in [-0.15, -0.1) is 0 Å². The average Bonchev–Trinajstić information content (AvgIpc) is 2.75.